The second kappa shape index (κ2) is 5.93. The summed E-state index contributed by atoms with van der Waals surface area (Å²) in [6.07, 6.45) is 0. The highest BCUT2D eigenvalue weighted by molar-refractivity contribution is 9.10. The molecule has 0 atom stereocenters. The molecular formula is C13H9BrCl2O2. The van der Waals surface area contributed by atoms with Crippen LogP contribution in [0.2, 0.25) is 10.0 Å². The van der Waals surface area contributed by atoms with Crippen LogP contribution in [0, 0.1) is 0 Å². The number of benzene rings is 2. The molecule has 2 aromatic rings. The molecule has 0 fully saturated rings. The number of aliphatic hydroxyl groups excluding tert-OH is 1. The SMILES string of the molecule is OCc1c(Cl)cccc1Oc1ccc(Br)cc1Cl. The van der Waals surface area contributed by atoms with Crippen LogP contribution in [0.3, 0.4) is 0 Å². The molecule has 2 aromatic carbocycles. The largest absolute Gasteiger partial charge is 0.455 e. The van der Waals surface area contributed by atoms with Crippen LogP contribution < -0.4 is 4.74 Å². The van der Waals surface area contributed by atoms with Gasteiger partial charge in [0.1, 0.15) is 11.5 Å². The van der Waals surface area contributed by atoms with E-state index in [0.29, 0.717) is 27.1 Å². The predicted octanol–water partition coefficient (Wildman–Crippen LogP) is 5.04. The van der Waals surface area contributed by atoms with Crippen LogP contribution in [-0.2, 0) is 6.61 Å². The monoisotopic (exact) mass is 346 g/mol. The van der Waals surface area contributed by atoms with Crippen LogP contribution in [0.4, 0.5) is 0 Å². The summed E-state index contributed by atoms with van der Waals surface area (Å²) in [5.74, 6) is 1.01. The first-order valence-corrected chi connectivity index (χ1v) is 6.68. The molecule has 18 heavy (non-hydrogen) atoms. The maximum atomic E-state index is 9.29. The Morgan fingerprint density at radius 3 is 2.50 bits per heavy atom. The van der Waals surface area contributed by atoms with Gasteiger partial charge in [-0.3, -0.25) is 0 Å². The maximum Gasteiger partial charge on any atom is 0.146 e. The van der Waals surface area contributed by atoms with Gasteiger partial charge in [0.05, 0.1) is 11.6 Å². The molecule has 0 aromatic heterocycles. The van der Waals surface area contributed by atoms with E-state index >= 15 is 0 Å². The van der Waals surface area contributed by atoms with Gasteiger partial charge < -0.3 is 9.84 Å². The van der Waals surface area contributed by atoms with Crippen LogP contribution in [0.25, 0.3) is 0 Å². The molecule has 2 nitrogen and oxygen atoms in total. The van der Waals surface area contributed by atoms with Crippen molar-refractivity contribution in [3.8, 4) is 11.5 Å². The van der Waals surface area contributed by atoms with Gasteiger partial charge in [-0.15, -0.1) is 0 Å². The molecule has 0 radical (unpaired) electrons. The molecule has 0 saturated carbocycles. The van der Waals surface area contributed by atoms with Crippen LogP contribution in [0.1, 0.15) is 5.56 Å². The summed E-state index contributed by atoms with van der Waals surface area (Å²) < 4.78 is 6.54. The van der Waals surface area contributed by atoms with Gasteiger partial charge in [0.2, 0.25) is 0 Å². The highest BCUT2D eigenvalue weighted by Crippen LogP contribution is 2.35. The molecule has 94 valence electrons. The van der Waals surface area contributed by atoms with Gasteiger partial charge in [-0.05, 0) is 30.3 Å². The Kier molecular flexibility index (Phi) is 4.51. The lowest BCUT2D eigenvalue weighted by molar-refractivity contribution is 0.276. The van der Waals surface area contributed by atoms with E-state index in [1.807, 2.05) is 6.07 Å². The number of aliphatic hydroxyl groups is 1. The zero-order valence-electron chi connectivity index (χ0n) is 9.16. The normalized spacial score (nSPS) is 10.4. The fourth-order valence-electron chi connectivity index (χ4n) is 1.46. The van der Waals surface area contributed by atoms with E-state index in [-0.39, 0.29) is 6.61 Å². The predicted molar refractivity (Wildman–Crippen MR) is 76.6 cm³/mol. The van der Waals surface area contributed by atoms with Gasteiger partial charge in [-0.25, -0.2) is 0 Å². The second-order valence-electron chi connectivity index (χ2n) is 3.55. The minimum atomic E-state index is -0.191. The van der Waals surface area contributed by atoms with Gasteiger partial charge >= 0.3 is 0 Å². The highest BCUT2D eigenvalue weighted by Gasteiger charge is 2.10. The van der Waals surface area contributed by atoms with Crippen molar-refractivity contribution >= 4 is 39.1 Å². The second-order valence-corrected chi connectivity index (χ2v) is 5.28. The molecule has 0 aliphatic rings. The Morgan fingerprint density at radius 2 is 1.83 bits per heavy atom. The summed E-state index contributed by atoms with van der Waals surface area (Å²) in [6.45, 7) is -0.191. The first-order valence-electron chi connectivity index (χ1n) is 5.13. The zero-order chi connectivity index (χ0) is 13.1. The molecule has 0 aliphatic carbocycles. The fourth-order valence-corrected chi connectivity index (χ4v) is 2.40. The van der Waals surface area contributed by atoms with Gasteiger partial charge in [-0.1, -0.05) is 45.2 Å². The van der Waals surface area contributed by atoms with Crippen molar-refractivity contribution in [2.24, 2.45) is 0 Å². The maximum absolute atomic E-state index is 9.29. The number of halogens is 3. The van der Waals surface area contributed by atoms with Crippen molar-refractivity contribution in [3.05, 3.63) is 56.5 Å². The van der Waals surface area contributed by atoms with Gasteiger partial charge in [0, 0.05) is 15.1 Å². The van der Waals surface area contributed by atoms with Crippen LogP contribution in [0.15, 0.2) is 40.9 Å². The van der Waals surface area contributed by atoms with Gasteiger partial charge in [-0.2, -0.15) is 0 Å². The average Bonchev–Trinajstić information content (AvgIpc) is 2.33. The van der Waals surface area contributed by atoms with E-state index in [1.165, 1.54) is 0 Å². The Labute approximate surface area is 123 Å². The standard InChI is InChI=1S/C13H9BrCl2O2/c14-8-4-5-13(11(16)6-8)18-12-3-1-2-10(15)9(12)7-17/h1-6,17H,7H2. The van der Waals surface area contributed by atoms with Crippen LogP contribution in [-0.4, -0.2) is 5.11 Å². The highest BCUT2D eigenvalue weighted by atomic mass is 79.9. The average molecular weight is 348 g/mol. The Balaban J connectivity index is 2.37. The lowest BCUT2D eigenvalue weighted by Gasteiger charge is -2.12. The van der Waals surface area contributed by atoms with E-state index in [0.717, 1.165) is 4.47 Å². The third-order valence-electron chi connectivity index (χ3n) is 2.35. The first-order chi connectivity index (χ1) is 8.61. The minimum absolute atomic E-state index is 0.191. The van der Waals surface area contributed by atoms with Crippen LogP contribution >= 0.6 is 39.1 Å². The molecule has 1 N–H and O–H groups in total. The number of rotatable bonds is 3. The molecule has 0 aliphatic heterocycles. The summed E-state index contributed by atoms with van der Waals surface area (Å²) in [4.78, 5) is 0. The lowest BCUT2D eigenvalue weighted by atomic mass is 10.2. The first kappa shape index (κ1) is 13.7. The smallest absolute Gasteiger partial charge is 0.146 e. The van der Waals surface area contributed by atoms with Crippen molar-refractivity contribution < 1.29 is 9.84 Å². The Hall–Kier alpha value is -0.740. The minimum Gasteiger partial charge on any atom is -0.455 e. The van der Waals surface area contributed by atoms with E-state index in [9.17, 15) is 5.11 Å². The van der Waals surface area contributed by atoms with E-state index in [1.54, 1.807) is 30.3 Å². The zero-order valence-corrected chi connectivity index (χ0v) is 12.3. The quantitative estimate of drug-likeness (QED) is 0.842. The summed E-state index contributed by atoms with van der Waals surface area (Å²) >= 11 is 15.4. The topological polar surface area (TPSA) is 29.5 Å². The lowest BCUT2D eigenvalue weighted by Crippen LogP contribution is -1.93. The number of hydrogen-bond acceptors (Lipinski definition) is 2. The summed E-state index contributed by atoms with van der Waals surface area (Å²) in [5, 5.41) is 10.2. The molecule has 0 spiro atoms. The van der Waals surface area contributed by atoms with Crippen molar-refractivity contribution in [1.82, 2.24) is 0 Å². The molecule has 0 saturated heterocycles. The van der Waals surface area contributed by atoms with Crippen molar-refractivity contribution in [2.45, 2.75) is 6.61 Å². The summed E-state index contributed by atoms with van der Waals surface area (Å²) in [6, 6.07) is 10.5. The van der Waals surface area contributed by atoms with E-state index in [2.05, 4.69) is 15.9 Å². The molecule has 0 amide bonds. The molecular weight excluding hydrogens is 339 g/mol. The molecule has 0 unspecified atom stereocenters. The summed E-state index contributed by atoms with van der Waals surface area (Å²) in [7, 11) is 0. The molecule has 5 heteroatoms. The third kappa shape index (κ3) is 2.98. The number of hydrogen-bond donors (Lipinski definition) is 1. The van der Waals surface area contributed by atoms with E-state index in [4.69, 9.17) is 27.9 Å². The third-order valence-corrected chi connectivity index (χ3v) is 3.49. The molecule has 2 rings (SSSR count). The van der Waals surface area contributed by atoms with Gasteiger partial charge in [0.25, 0.3) is 0 Å². The van der Waals surface area contributed by atoms with Gasteiger partial charge in [0.15, 0.2) is 0 Å². The fraction of sp³-hybridized carbons (Fsp3) is 0.0769. The Morgan fingerprint density at radius 1 is 1.06 bits per heavy atom. The molecule has 0 heterocycles. The van der Waals surface area contributed by atoms with Crippen molar-refractivity contribution in [3.63, 3.8) is 0 Å². The van der Waals surface area contributed by atoms with Crippen molar-refractivity contribution in [2.75, 3.05) is 0 Å². The van der Waals surface area contributed by atoms with Crippen molar-refractivity contribution in [1.29, 1.82) is 0 Å². The molecule has 0 bridgehead atoms. The van der Waals surface area contributed by atoms with E-state index < -0.39 is 0 Å². The Bertz CT molecular complexity index is 573. The van der Waals surface area contributed by atoms with Crippen LogP contribution in [0.5, 0.6) is 11.5 Å². The number of ether oxygens (including phenoxy) is 1. The summed E-state index contributed by atoms with van der Waals surface area (Å²) in [5.41, 5.74) is 0.540.